The SMILES string of the molecule is COC(=O)c1cc(Sc2ncn[nH]2)cc(C)c1N. The molecule has 0 aliphatic rings. The van der Waals surface area contributed by atoms with Crippen molar-refractivity contribution in [1.82, 2.24) is 15.2 Å². The number of nitrogens with one attached hydrogen (secondary N) is 1. The number of carbonyl (C=O) groups is 1. The van der Waals surface area contributed by atoms with Crippen LogP contribution in [0.25, 0.3) is 0 Å². The summed E-state index contributed by atoms with van der Waals surface area (Å²) in [7, 11) is 1.33. The number of hydrogen-bond acceptors (Lipinski definition) is 6. The van der Waals surface area contributed by atoms with Crippen molar-refractivity contribution in [2.24, 2.45) is 0 Å². The molecule has 0 spiro atoms. The molecule has 2 rings (SSSR count). The monoisotopic (exact) mass is 264 g/mol. The summed E-state index contributed by atoms with van der Waals surface area (Å²) in [4.78, 5) is 16.4. The van der Waals surface area contributed by atoms with Gasteiger partial charge in [-0.15, -0.1) is 0 Å². The fraction of sp³-hybridized carbons (Fsp3) is 0.182. The van der Waals surface area contributed by atoms with Crippen LogP contribution < -0.4 is 5.73 Å². The molecule has 3 N–H and O–H groups in total. The number of H-pyrrole nitrogens is 1. The summed E-state index contributed by atoms with van der Waals surface area (Å²) in [6, 6.07) is 3.57. The van der Waals surface area contributed by atoms with Gasteiger partial charge in [0.25, 0.3) is 0 Å². The van der Waals surface area contributed by atoms with E-state index in [1.165, 1.54) is 25.2 Å². The zero-order valence-corrected chi connectivity index (χ0v) is 10.7. The predicted octanol–water partition coefficient (Wildman–Crippen LogP) is 1.63. The maximum absolute atomic E-state index is 11.6. The van der Waals surface area contributed by atoms with Crippen LogP contribution in [0.3, 0.4) is 0 Å². The fourth-order valence-corrected chi connectivity index (χ4v) is 2.29. The van der Waals surface area contributed by atoms with Crippen LogP contribution in [-0.4, -0.2) is 28.3 Å². The van der Waals surface area contributed by atoms with Gasteiger partial charge in [0.2, 0.25) is 0 Å². The van der Waals surface area contributed by atoms with Gasteiger partial charge in [-0.1, -0.05) is 11.8 Å². The summed E-state index contributed by atoms with van der Waals surface area (Å²) in [5.41, 5.74) is 7.47. The summed E-state index contributed by atoms with van der Waals surface area (Å²) < 4.78 is 4.70. The molecular formula is C11H12N4O2S. The molecule has 0 aliphatic heterocycles. The summed E-state index contributed by atoms with van der Waals surface area (Å²) in [5.74, 6) is -0.449. The number of methoxy groups -OCH3 is 1. The lowest BCUT2D eigenvalue weighted by Crippen LogP contribution is -2.07. The Balaban J connectivity index is 2.38. The van der Waals surface area contributed by atoms with Gasteiger partial charge in [0, 0.05) is 10.6 Å². The van der Waals surface area contributed by atoms with Crippen LogP contribution in [0.5, 0.6) is 0 Å². The maximum atomic E-state index is 11.6. The van der Waals surface area contributed by atoms with Crippen molar-refractivity contribution < 1.29 is 9.53 Å². The Hall–Kier alpha value is -2.02. The molecule has 0 fully saturated rings. The van der Waals surface area contributed by atoms with Crippen LogP contribution in [0.15, 0.2) is 28.5 Å². The highest BCUT2D eigenvalue weighted by atomic mass is 32.2. The molecule has 1 aromatic heterocycles. The van der Waals surface area contributed by atoms with E-state index in [0.29, 0.717) is 16.4 Å². The number of benzene rings is 1. The molecule has 0 unspecified atom stereocenters. The van der Waals surface area contributed by atoms with Gasteiger partial charge in [-0.3, -0.25) is 5.10 Å². The third-order valence-corrected chi connectivity index (χ3v) is 3.23. The number of aromatic amines is 1. The number of rotatable bonds is 3. The summed E-state index contributed by atoms with van der Waals surface area (Å²) in [6.45, 7) is 1.84. The smallest absolute Gasteiger partial charge is 0.340 e. The molecule has 1 heterocycles. The van der Waals surface area contributed by atoms with Gasteiger partial charge in [-0.25, -0.2) is 9.78 Å². The average Bonchev–Trinajstić information content (AvgIpc) is 2.85. The molecule has 0 saturated carbocycles. The van der Waals surface area contributed by atoms with Crippen molar-refractivity contribution in [3.8, 4) is 0 Å². The van der Waals surface area contributed by atoms with Gasteiger partial charge in [0.1, 0.15) is 6.33 Å². The van der Waals surface area contributed by atoms with Crippen LogP contribution in [-0.2, 0) is 4.74 Å². The minimum atomic E-state index is -0.449. The molecule has 0 radical (unpaired) electrons. The molecule has 0 aliphatic carbocycles. The van der Waals surface area contributed by atoms with Crippen LogP contribution in [0.1, 0.15) is 15.9 Å². The quantitative estimate of drug-likeness (QED) is 0.646. The van der Waals surface area contributed by atoms with Crippen molar-refractivity contribution in [2.75, 3.05) is 12.8 Å². The standard InChI is InChI=1S/C11H12N4O2S/c1-6-3-7(18-11-13-5-14-15-11)4-8(9(6)12)10(16)17-2/h3-5H,12H2,1-2H3,(H,13,14,15). The van der Waals surface area contributed by atoms with Gasteiger partial charge in [-0.05, 0) is 24.6 Å². The van der Waals surface area contributed by atoms with E-state index in [1.807, 2.05) is 13.0 Å². The number of aryl methyl sites for hydroxylation is 1. The zero-order valence-electron chi connectivity index (χ0n) is 9.93. The van der Waals surface area contributed by atoms with Gasteiger partial charge in [0.15, 0.2) is 5.16 Å². The third kappa shape index (κ3) is 2.45. The molecule has 0 atom stereocenters. The minimum absolute atomic E-state index is 0.361. The molecule has 7 heteroatoms. The second kappa shape index (κ2) is 5.09. The summed E-state index contributed by atoms with van der Waals surface area (Å²) >= 11 is 1.37. The Bertz CT molecular complexity index is 569. The number of esters is 1. The number of anilines is 1. The highest BCUT2D eigenvalue weighted by Crippen LogP contribution is 2.29. The number of nitrogen functional groups attached to an aromatic ring is 1. The molecule has 0 amide bonds. The first-order chi connectivity index (χ1) is 8.61. The fourth-order valence-electron chi connectivity index (χ4n) is 1.46. The second-order valence-corrected chi connectivity index (χ2v) is 4.65. The highest BCUT2D eigenvalue weighted by molar-refractivity contribution is 7.99. The number of ether oxygens (including phenoxy) is 1. The Morgan fingerprint density at radius 2 is 2.28 bits per heavy atom. The molecular weight excluding hydrogens is 252 g/mol. The van der Waals surface area contributed by atoms with Crippen molar-refractivity contribution in [2.45, 2.75) is 17.0 Å². The highest BCUT2D eigenvalue weighted by Gasteiger charge is 2.14. The molecule has 94 valence electrons. The average molecular weight is 264 g/mol. The van der Waals surface area contributed by atoms with Gasteiger partial charge in [-0.2, -0.15) is 5.10 Å². The third-order valence-electron chi connectivity index (χ3n) is 2.37. The maximum Gasteiger partial charge on any atom is 0.340 e. The Morgan fingerprint density at radius 3 is 2.89 bits per heavy atom. The van der Waals surface area contributed by atoms with E-state index in [0.717, 1.165) is 10.5 Å². The van der Waals surface area contributed by atoms with Gasteiger partial charge < -0.3 is 10.5 Å². The minimum Gasteiger partial charge on any atom is -0.465 e. The van der Waals surface area contributed by atoms with E-state index in [2.05, 4.69) is 15.2 Å². The van der Waals surface area contributed by atoms with Crippen LogP contribution >= 0.6 is 11.8 Å². The normalized spacial score (nSPS) is 10.3. The summed E-state index contributed by atoms with van der Waals surface area (Å²) in [6.07, 6.45) is 1.42. The lowest BCUT2D eigenvalue weighted by Gasteiger charge is -2.09. The van der Waals surface area contributed by atoms with Crippen molar-refractivity contribution in [3.63, 3.8) is 0 Å². The Kier molecular flexibility index (Phi) is 3.52. The number of carbonyl (C=O) groups excluding carboxylic acids is 1. The first-order valence-corrected chi connectivity index (χ1v) is 5.95. The van der Waals surface area contributed by atoms with Crippen LogP contribution in [0, 0.1) is 6.92 Å². The van der Waals surface area contributed by atoms with Crippen LogP contribution in [0.4, 0.5) is 5.69 Å². The number of nitrogens with two attached hydrogens (primary N) is 1. The van der Waals surface area contributed by atoms with E-state index in [9.17, 15) is 4.79 Å². The topological polar surface area (TPSA) is 93.9 Å². The first kappa shape index (κ1) is 12.4. The van der Waals surface area contributed by atoms with Gasteiger partial charge >= 0.3 is 5.97 Å². The number of nitrogens with zero attached hydrogens (tertiary/aromatic N) is 2. The molecule has 2 aromatic rings. The Labute approximate surface area is 108 Å². The van der Waals surface area contributed by atoms with Crippen LogP contribution in [0.2, 0.25) is 0 Å². The van der Waals surface area contributed by atoms with E-state index in [1.54, 1.807) is 6.07 Å². The van der Waals surface area contributed by atoms with Crippen molar-refractivity contribution in [1.29, 1.82) is 0 Å². The summed E-state index contributed by atoms with van der Waals surface area (Å²) in [5, 5.41) is 7.14. The largest absolute Gasteiger partial charge is 0.465 e. The van der Waals surface area contributed by atoms with Crippen molar-refractivity contribution >= 4 is 23.4 Å². The predicted molar refractivity (Wildman–Crippen MR) is 67.4 cm³/mol. The van der Waals surface area contributed by atoms with Gasteiger partial charge in [0.05, 0.1) is 12.7 Å². The number of aromatic nitrogens is 3. The van der Waals surface area contributed by atoms with E-state index >= 15 is 0 Å². The lowest BCUT2D eigenvalue weighted by molar-refractivity contribution is 0.0601. The molecule has 0 saturated heterocycles. The zero-order chi connectivity index (χ0) is 13.1. The molecule has 6 nitrogen and oxygen atoms in total. The van der Waals surface area contributed by atoms with E-state index in [-0.39, 0.29) is 0 Å². The van der Waals surface area contributed by atoms with Crippen molar-refractivity contribution in [3.05, 3.63) is 29.6 Å². The molecule has 18 heavy (non-hydrogen) atoms. The molecule has 0 bridgehead atoms. The van der Waals surface area contributed by atoms with E-state index in [4.69, 9.17) is 10.5 Å². The first-order valence-electron chi connectivity index (χ1n) is 5.13. The lowest BCUT2D eigenvalue weighted by atomic mass is 10.1. The number of hydrogen-bond donors (Lipinski definition) is 2. The second-order valence-electron chi connectivity index (χ2n) is 3.59. The Morgan fingerprint density at radius 1 is 1.50 bits per heavy atom. The van der Waals surface area contributed by atoms with E-state index < -0.39 is 5.97 Å². The molecule has 1 aromatic carbocycles.